The number of anilines is 4. The summed E-state index contributed by atoms with van der Waals surface area (Å²) in [5.74, 6) is 1.64. The van der Waals surface area contributed by atoms with Crippen molar-refractivity contribution in [2.75, 3.05) is 17.7 Å². The van der Waals surface area contributed by atoms with Gasteiger partial charge in [-0.2, -0.15) is 10.1 Å². The molecule has 2 aromatic carbocycles. The molecule has 0 radical (unpaired) electrons. The van der Waals surface area contributed by atoms with Crippen LogP contribution in [0.5, 0.6) is 5.75 Å². The van der Waals surface area contributed by atoms with Crippen molar-refractivity contribution in [2.24, 2.45) is 0 Å². The molecule has 0 saturated carbocycles. The number of ether oxygens (including phenoxy) is 1. The number of aromatic nitrogens is 3. The highest BCUT2D eigenvalue weighted by Crippen LogP contribution is 2.25. The molecule has 0 aliphatic heterocycles. The van der Waals surface area contributed by atoms with Crippen LogP contribution in [0.15, 0.2) is 54.7 Å². The predicted molar refractivity (Wildman–Crippen MR) is 90.8 cm³/mol. The van der Waals surface area contributed by atoms with E-state index >= 15 is 0 Å². The Hall–Kier alpha value is -2.86. The fourth-order valence-electron chi connectivity index (χ4n) is 1.97. The second-order valence-electron chi connectivity index (χ2n) is 4.62. The zero-order chi connectivity index (χ0) is 16.1. The smallest absolute Gasteiger partial charge is 0.249 e. The van der Waals surface area contributed by atoms with Crippen LogP contribution in [0.1, 0.15) is 0 Å². The van der Waals surface area contributed by atoms with Gasteiger partial charge in [0, 0.05) is 10.7 Å². The summed E-state index contributed by atoms with van der Waals surface area (Å²) in [5.41, 5.74) is 1.62. The lowest BCUT2D eigenvalue weighted by atomic mass is 10.3. The Balaban J connectivity index is 1.78. The number of halogens is 1. The van der Waals surface area contributed by atoms with Gasteiger partial charge in [-0.25, -0.2) is 0 Å². The van der Waals surface area contributed by atoms with Crippen LogP contribution in [-0.2, 0) is 0 Å². The maximum atomic E-state index is 5.87. The fraction of sp³-hybridized carbons (Fsp3) is 0.0625. The molecule has 0 aliphatic rings. The summed E-state index contributed by atoms with van der Waals surface area (Å²) in [6, 6.07) is 14.8. The van der Waals surface area contributed by atoms with Crippen LogP contribution >= 0.6 is 11.6 Å². The van der Waals surface area contributed by atoms with Gasteiger partial charge in [0.05, 0.1) is 19.0 Å². The molecule has 0 unspecified atom stereocenters. The van der Waals surface area contributed by atoms with Crippen molar-refractivity contribution >= 4 is 34.7 Å². The summed E-state index contributed by atoms with van der Waals surface area (Å²) in [5, 5.41) is 14.8. The maximum absolute atomic E-state index is 5.87. The minimum absolute atomic E-state index is 0.369. The van der Waals surface area contributed by atoms with Crippen LogP contribution in [0.3, 0.4) is 0 Å². The Labute approximate surface area is 138 Å². The highest BCUT2D eigenvalue weighted by atomic mass is 35.5. The van der Waals surface area contributed by atoms with Gasteiger partial charge in [-0.1, -0.05) is 23.7 Å². The maximum Gasteiger partial charge on any atom is 0.249 e. The van der Waals surface area contributed by atoms with Crippen LogP contribution in [0.2, 0.25) is 5.02 Å². The number of rotatable bonds is 5. The molecule has 23 heavy (non-hydrogen) atoms. The zero-order valence-corrected chi connectivity index (χ0v) is 13.1. The van der Waals surface area contributed by atoms with Crippen molar-refractivity contribution in [2.45, 2.75) is 0 Å². The molecule has 3 aromatic rings. The lowest BCUT2D eigenvalue weighted by Gasteiger charge is -2.10. The first kappa shape index (κ1) is 15.1. The van der Waals surface area contributed by atoms with Gasteiger partial charge in [0.15, 0.2) is 5.82 Å². The first-order chi connectivity index (χ1) is 11.2. The summed E-state index contributed by atoms with van der Waals surface area (Å²) in [4.78, 5) is 4.38. The third-order valence-corrected chi connectivity index (χ3v) is 3.28. The molecular weight excluding hydrogens is 314 g/mol. The third-order valence-electron chi connectivity index (χ3n) is 3.03. The predicted octanol–water partition coefficient (Wildman–Crippen LogP) is 4.02. The average molecular weight is 328 g/mol. The number of nitrogens with zero attached hydrogens (tertiary/aromatic N) is 3. The van der Waals surface area contributed by atoms with E-state index in [1.165, 1.54) is 0 Å². The van der Waals surface area contributed by atoms with Crippen LogP contribution in [0.4, 0.5) is 23.1 Å². The summed E-state index contributed by atoms with van der Waals surface area (Å²) in [6.45, 7) is 0. The van der Waals surface area contributed by atoms with Gasteiger partial charge < -0.3 is 15.4 Å². The van der Waals surface area contributed by atoms with Gasteiger partial charge in [-0.05, 0) is 36.4 Å². The molecule has 116 valence electrons. The van der Waals surface area contributed by atoms with E-state index in [1.54, 1.807) is 25.4 Å². The van der Waals surface area contributed by atoms with Crippen molar-refractivity contribution in [3.05, 3.63) is 59.8 Å². The zero-order valence-electron chi connectivity index (χ0n) is 12.3. The molecule has 7 heteroatoms. The van der Waals surface area contributed by atoms with E-state index in [4.69, 9.17) is 16.3 Å². The van der Waals surface area contributed by atoms with E-state index in [2.05, 4.69) is 25.8 Å². The standard InChI is InChI=1S/C16H14ClN5O/c1-23-14-5-3-2-4-13(14)20-16-21-15(10-18-22-16)19-12-8-6-11(17)7-9-12/h2-10H,1H3,(H2,19,20,21,22). The lowest BCUT2D eigenvalue weighted by Crippen LogP contribution is -2.03. The molecule has 0 spiro atoms. The SMILES string of the molecule is COc1ccccc1Nc1nncc(Nc2ccc(Cl)cc2)n1. The quantitative estimate of drug-likeness (QED) is 0.737. The first-order valence-electron chi connectivity index (χ1n) is 6.87. The Bertz CT molecular complexity index is 794. The lowest BCUT2D eigenvalue weighted by molar-refractivity contribution is 0.417. The number of methoxy groups -OCH3 is 1. The van der Waals surface area contributed by atoms with Crippen molar-refractivity contribution in [3.63, 3.8) is 0 Å². The molecule has 2 N–H and O–H groups in total. The van der Waals surface area contributed by atoms with Gasteiger partial charge in [0.25, 0.3) is 0 Å². The molecule has 6 nitrogen and oxygen atoms in total. The summed E-state index contributed by atoms with van der Waals surface area (Å²) >= 11 is 5.87. The van der Waals surface area contributed by atoms with E-state index in [1.807, 2.05) is 36.4 Å². The fourth-order valence-corrected chi connectivity index (χ4v) is 2.09. The topological polar surface area (TPSA) is 72.0 Å². The third kappa shape index (κ3) is 3.87. The van der Waals surface area contributed by atoms with E-state index in [0.29, 0.717) is 22.5 Å². The molecule has 0 amide bonds. The van der Waals surface area contributed by atoms with Gasteiger partial charge in [-0.15, -0.1) is 5.10 Å². The number of para-hydroxylation sites is 2. The summed E-state index contributed by atoms with van der Waals surface area (Å²) < 4.78 is 5.29. The van der Waals surface area contributed by atoms with Crippen molar-refractivity contribution in [1.82, 2.24) is 15.2 Å². The van der Waals surface area contributed by atoms with Gasteiger partial charge in [-0.3, -0.25) is 0 Å². The normalized spacial score (nSPS) is 10.2. The largest absolute Gasteiger partial charge is 0.495 e. The minimum Gasteiger partial charge on any atom is -0.495 e. The highest BCUT2D eigenvalue weighted by Gasteiger charge is 2.05. The monoisotopic (exact) mass is 327 g/mol. The molecule has 1 aromatic heterocycles. The van der Waals surface area contributed by atoms with Crippen LogP contribution < -0.4 is 15.4 Å². The summed E-state index contributed by atoms with van der Waals surface area (Å²) in [6.07, 6.45) is 1.54. The van der Waals surface area contributed by atoms with Gasteiger partial charge >= 0.3 is 0 Å². The molecule has 3 rings (SSSR count). The van der Waals surface area contributed by atoms with Crippen LogP contribution in [-0.4, -0.2) is 22.3 Å². The van der Waals surface area contributed by atoms with E-state index < -0.39 is 0 Å². The molecule has 1 heterocycles. The molecule has 0 bridgehead atoms. The Kier molecular flexibility index (Phi) is 4.54. The van der Waals surface area contributed by atoms with Crippen molar-refractivity contribution in [1.29, 1.82) is 0 Å². The highest BCUT2D eigenvalue weighted by molar-refractivity contribution is 6.30. The Morgan fingerprint density at radius 2 is 1.78 bits per heavy atom. The van der Waals surface area contributed by atoms with E-state index in [-0.39, 0.29) is 0 Å². The van der Waals surface area contributed by atoms with Crippen LogP contribution in [0.25, 0.3) is 0 Å². The second kappa shape index (κ2) is 6.93. The second-order valence-corrected chi connectivity index (χ2v) is 5.06. The van der Waals surface area contributed by atoms with Crippen molar-refractivity contribution in [3.8, 4) is 5.75 Å². The first-order valence-corrected chi connectivity index (χ1v) is 7.25. The minimum atomic E-state index is 0.369. The molecule has 0 atom stereocenters. The van der Waals surface area contributed by atoms with E-state index in [9.17, 15) is 0 Å². The average Bonchev–Trinajstić information content (AvgIpc) is 2.58. The van der Waals surface area contributed by atoms with Crippen LogP contribution in [0, 0.1) is 0 Å². The number of hydrogen-bond donors (Lipinski definition) is 2. The number of hydrogen-bond acceptors (Lipinski definition) is 6. The molecular formula is C16H14ClN5O. The Morgan fingerprint density at radius 1 is 1.00 bits per heavy atom. The van der Waals surface area contributed by atoms with Crippen molar-refractivity contribution < 1.29 is 4.74 Å². The van der Waals surface area contributed by atoms with Gasteiger partial charge in [0.1, 0.15) is 5.75 Å². The summed E-state index contributed by atoms with van der Waals surface area (Å²) in [7, 11) is 1.61. The number of benzene rings is 2. The molecule has 0 fully saturated rings. The molecule has 0 aliphatic carbocycles. The number of nitrogens with one attached hydrogen (secondary N) is 2. The molecule has 0 saturated heterocycles. The Morgan fingerprint density at radius 3 is 2.57 bits per heavy atom. The van der Waals surface area contributed by atoms with E-state index in [0.717, 1.165) is 11.4 Å². The van der Waals surface area contributed by atoms with Gasteiger partial charge in [0.2, 0.25) is 5.95 Å².